The molecule has 17 heavy (non-hydrogen) atoms. The Kier molecular flexibility index (Phi) is 3.80. The molecule has 1 atom stereocenters. The average Bonchev–Trinajstić information content (AvgIpc) is 2.96. The zero-order valence-corrected chi connectivity index (χ0v) is 10.5. The standard InChI is InChI=1S/C8H11NO6P2/c10-16(11,15-17(12)13-14-17)7-6-9-8-4-2-1-3-5-8/h1-5,9,12H,6-7H2/p+1. The zero-order chi connectivity index (χ0) is 12.4. The molecule has 1 saturated heterocycles. The van der Waals surface area contributed by atoms with E-state index in [4.69, 9.17) is 4.89 Å². The molecule has 0 amide bonds. The van der Waals surface area contributed by atoms with Crippen LogP contribution in [0.5, 0.6) is 0 Å². The van der Waals surface area contributed by atoms with Crippen molar-refractivity contribution >= 4 is 21.5 Å². The minimum Gasteiger partial charge on any atom is -0.384 e. The Morgan fingerprint density at radius 2 is 2.00 bits per heavy atom. The van der Waals surface area contributed by atoms with Gasteiger partial charge >= 0.3 is 15.8 Å². The van der Waals surface area contributed by atoms with Crippen LogP contribution in [-0.2, 0) is 18.2 Å². The van der Waals surface area contributed by atoms with Crippen LogP contribution in [0.3, 0.4) is 0 Å². The van der Waals surface area contributed by atoms with Crippen molar-refractivity contribution in [3.05, 3.63) is 30.3 Å². The van der Waals surface area contributed by atoms with Crippen molar-refractivity contribution in [3.63, 3.8) is 0 Å². The molecular weight excluding hydrogens is 268 g/mol. The number of nitrogens with one attached hydrogen (secondary N) is 1. The van der Waals surface area contributed by atoms with E-state index in [1.165, 1.54) is 0 Å². The van der Waals surface area contributed by atoms with Gasteiger partial charge in [0.1, 0.15) is 0 Å². The fraction of sp³-hybridized carbons (Fsp3) is 0.250. The fourth-order valence-corrected chi connectivity index (χ4v) is 3.61. The summed E-state index contributed by atoms with van der Waals surface area (Å²) in [4.78, 5) is 18.4. The van der Waals surface area contributed by atoms with Crippen molar-refractivity contribution in [2.24, 2.45) is 0 Å². The highest BCUT2D eigenvalue weighted by Crippen LogP contribution is 2.79. The Labute approximate surface area is 98.5 Å². The molecule has 7 nitrogen and oxygen atoms in total. The SMILES string of the molecule is O=P(O)(CCNc1ccccc1)O[P+]1(O)OO1. The molecular formula is C8H12NO6P2+. The van der Waals surface area contributed by atoms with Crippen LogP contribution in [0.4, 0.5) is 5.69 Å². The van der Waals surface area contributed by atoms with Crippen molar-refractivity contribution in [3.8, 4) is 0 Å². The van der Waals surface area contributed by atoms with Gasteiger partial charge in [-0.1, -0.05) is 22.5 Å². The summed E-state index contributed by atoms with van der Waals surface area (Å²) >= 11 is 0. The average molecular weight is 280 g/mol. The molecule has 1 unspecified atom stereocenters. The molecule has 1 fully saturated rings. The first-order valence-electron chi connectivity index (χ1n) is 4.81. The van der Waals surface area contributed by atoms with Crippen molar-refractivity contribution < 1.29 is 28.0 Å². The minimum atomic E-state index is -3.90. The Morgan fingerprint density at radius 1 is 1.35 bits per heavy atom. The number of anilines is 1. The summed E-state index contributed by atoms with van der Waals surface area (Å²) < 4.78 is 24.1. The van der Waals surface area contributed by atoms with E-state index in [0.717, 1.165) is 5.69 Å². The Morgan fingerprint density at radius 3 is 2.59 bits per heavy atom. The van der Waals surface area contributed by atoms with Crippen molar-refractivity contribution in [2.45, 2.75) is 0 Å². The summed E-state index contributed by atoms with van der Waals surface area (Å²) in [7, 11) is -7.34. The third-order valence-corrected chi connectivity index (χ3v) is 4.97. The normalized spacial score (nSPS) is 20.6. The van der Waals surface area contributed by atoms with Crippen LogP contribution < -0.4 is 5.32 Å². The summed E-state index contributed by atoms with van der Waals surface area (Å²) in [5.41, 5.74) is 0.833. The molecule has 1 aromatic carbocycles. The van der Waals surface area contributed by atoms with Crippen LogP contribution in [0.1, 0.15) is 0 Å². The zero-order valence-electron chi connectivity index (χ0n) is 8.72. The van der Waals surface area contributed by atoms with E-state index in [9.17, 15) is 9.46 Å². The van der Waals surface area contributed by atoms with Crippen LogP contribution in [0.2, 0.25) is 0 Å². The van der Waals surface area contributed by atoms with Crippen molar-refractivity contribution in [1.82, 2.24) is 0 Å². The van der Waals surface area contributed by atoms with E-state index >= 15 is 0 Å². The van der Waals surface area contributed by atoms with Gasteiger partial charge in [0.2, 0.25) is 0 Å². The van der Waals surface area contributed by atoms with Gasteiger partial charge in [0.05, 0.1) is 15.5 Å². The molecule has 0 bridgehead atoms. The molecule has 9 heteroatoms. The second-order valence-electron chi connectivity index (χ2n) is 3.35. The summed E-state index contributed by atoms with van der Waals surface area (Å²) in [5.74, 6) is 0. The van der Waals surface area contributed by atoms with Gasteiger partial charge in [0.15, 0.2) is 0 Å². The second kappa shape index (κ2) is 5.00. The number of hydrogen-bond donors (Lipinski definition) is 3. The van der Waals surface area contributed by atoms with Crippen LogP contribution in [0, 0.1) is 0 Å². The molecule has 3 N–H and O–H groups in total. The van der Waals surface area contributed by atoms with Gasteiger partial charge in [0, 0.05) is 12.2 Å². The van der Waals surface area contributed by atoms with Gasteiger partial charge in [-0.05, 0) is 12.1 Å². The summed E-state index contributed by atoms with van der Waals surface area (Å²) in [5, 5.41) is 2.94. The van der Waals surface area contributed by atoms with Crippen LogP contribution in [0.25, 0.3) is 0 Å². The second-order valence-corrected chi connectivity index (χ2v) is 6.96. The van der Waals surface area contributed by atoms with Gasteiger partial charge in [0.25, 0.3) is 0 Å². The smallest absolute Gasteiger partial charge is 0.384 e. The van der Waals surface area contributed by atoms with Gasteiger partial charge in [-0.25, -0.2) is 0 Å². The van der Waals surface area contributed by atoms with E-state index in [2.05, 4.69) is 19.0 Å². The number of para-hydroxylation sites is 1. The molecule has 0 radical (unpaired) electrons. The Hall–Kier alpha value is -0.520. The van der Waals surface area contributed by atoms with Gasteiger partial charge in [-0.15, -0.1) is 0 Å². The van der Waals surface area contributed by atoms with E-state index in [-0.39, 0.29) is 12.7 Å². The first-order chi connectivity index (χ1) is 7.99. The first kappa shape index (κ1) is 12.9. The highest BCUT2D eigenvalue weighted by Gasteiger charge is 2.71. The third kappa shape index (κ3) is 4.33. The highest BCUT2D eigenvalue weighted by molar-refractivity contribution is 7.69. The van der Waals surface area contributed by atoms with E-state index in [1.807, 2.05) is 30.3 Å². The van der Waals surface area contributed by atoms with Crippen LogP contribution in [0.15, 0.2) is 30.3 Å². The van der Waals surface area contributed by atoms with Gasteiger partial charge in [-0.3, -0.25) is 4.57 Å². The largest absolute Gasteiger partial charge is 0.650 e. The fourth-order valence-electron chi connectivity index (χ4n) is 1.16. The predicted octanol–water partition coefficient (Wildman–Crippen LogP) is 1.93. The molecule has 0 aromatic heterocycles. The molecule has 1 aromatic rings. The lowest BCUT2D eigenvalue weighted by molar-refractivity contribution is 0.0850. The maximum atomic E-state index is 11.5. The molecule has 94 valence electrons. The molecule has 2 rings (SSSR count). The van der Waals surface area contributed by atoms with Crippen molar-refractivity contribution in [2.75, 3.05) is 18.0 Å². The lowest BCUT2D eigenvalue weighted by Gasteiger charge is -2.08. The predicted molar refractivity (Wildman–Crippen MR) is 62.0 cm³/mol. The van der Waals surface area contributed by atoms with E-state index < -0.39 is 15.8 Å². The van der Waals surface area contributed by atoms with E-state index in [0.29, 0.717) is 0 Å². The molecule has 1 aliphatic heterocycles. The molecule has 1 heterocycles. The maximum absolute atomic E-state index is 11.5. The topological polar surface area (TPSA) is 104 Å². The van der Waals surface area contributed by atoms with Crippen LogP contribution >= 0.6 is 15.8 Å². The quantitative estimate of drug-likeness (QED) is 0.415. The number of rotatable bonds is 6. The van der Waals surface area contributed by atoms with Gasteiger partial charge in [-0.2, -0.15) is 4.89 Å². The monoisotopic (exact) mass is 280 g/mol. The maximum Gasteiger partial charge on any atom is 0.650 e. The summed E-state index contributed by atoms with van der Waals surface area (Å²) in [6, 6.07) is 9.22. The highest BCUT2D eigenvalue weighted by atomic mass is 31.3. The van der Waals surface area contributed by atoms with E-state index in [1.54, 1.807) is 0 Å². The summed E-state index contributed by atoms with van der Waals surface area (Å²) in [6.45, 7) is 0.234. The molecule has 0 saturated carbocycles. The minimum absolute atomic E-state index is 0.156. The third-order valence-electron chi connectivity index (χ3n) is 1.93. The molecule has 0 aliphatic carbocycles. The van der Waals surface area contributed by atoms with Crippen LogP contribution in [-0.4, -0.2) is 22.5 Å². The molecule has 1 aliphatic rings. The number of benzene rings is 1. The molecule has 0 spiro atoms. The summed E-state index contributed by atoms with van der Waals surface area (Å²) in [6.07, 6.45) is -0.156. The first-order valence-corrected chi connectivity index (χ1v) is 8.07. The van der Waals surface area contributed by atoms with Crippen molar-refractivity contribution in [1.29, 1.82) is 0 Å². The number of hydrogen-bond acceptors (Lipinski definition) is 6. The Balaban J connectivity index is 1.76. The lowest BCUT2D eigenvalue weighted by atomic mass is 10.3. The Bertz CT molecular complexity index is 423. The van der Waals surface area contributed by atoms with Gasteiger partial charge < -0.3 is 10.2 Å². The lowest BCUT2D eigenvalue weighted by Crippen LogP contribution is -2.07.